The van der Waals surface area contributed by atoms with Gasteiger partial charge in [0.1, 0.15) is 0 Å². The Balaban J connectivity index is 2.60. The van der Waals surface area contributed by atoms with Crippen LogP contribution in [0.4, 0.5) is 11.4 Å². The van der Waals surface area contributed by atoms with Gasteiger partial charge in [-0.1, -0.05) is 12.1 Å². The van der Waals surface area contributed by atoms with Gasteiger partial charge in [-0.3, -0.25) is 4.79 Å². The molecule has 0 aliphatic carbocycles. The van der Waals surface area contributed by atoms with Crippen LogP contribution < -0.4 is 10.2 Å². The molecule has 1 amide bonds. The maximum Gasteiger partial charge on any atom is 0.234 e. The quantitative estimate of drug-likeness (QED) is 0.762. The van der Waals surface area contributed by atoms with Crippen LogP contribution in [0.15, 0.2) is 24.3 Å². The van der Waals surface area contributed by atoms with Crippen molar-refractivity contribution in [3.63, 3.8) is 0 Å². The first-order chi connectivity index (χ1) is 8.23. The van der Waals surface area contributed by atoms with Gasteiger partial charge >= 0.3 is 0 Å². The van der Waals surface area contributed by atoms with Gasteiger partial charge in [0.25, 0.3) is 0 Å². The van der Waals surface area contributed by atoms with Crippen LogP contribution in [0.1, 0.15) is 34.6 Å². The van der Waals surface area contributed by atoms with Crippen molar-refractivity contribution in [1.82, 2.24) is 0 Å². The monoisotopic (exact) mass is 246 g/mol. The van der Waals surface area contributed by atoms with Gasteiger partial charge < -0.3 is 10.2 Å². The van der Waals surface area contributed by atoms with E-state index >= 15 is 0 Å². The predicted molar refractivity (Wildman–Crippen MR) is 76.0 cm³/mol. The lowest BCUT2D eigenvalue weighted by Gasteiger charge is -2.38. The van der Waals surface area contributed by atoms with Crippen molar-refractivity contribution in [2.45, 2.75) is 40.2 Å². The van der Waals surface area contributed by atoms with Crippen molar-refractivity contribution in [3.8, 4) is 0 Å². The lowest BCUT2D eigenvalue weighted by atomic mass is 9.89. The number of nitrogens with zero attached hydrogens (tertiary/aromatic N) is 1. The Hall–Kier alpha value is -1.51. The third kappa shape index (κ3) is 2.09. The van der Waals surface area contributed by atoms with E-state index < -0.39 is 5.41 Å². The van der Waals surface area contributed by atoms with Crippen LogP contribution in [0.3, 0.4) is 0 Å². The van der Waals surface area contributed by atoms with Gasteiger partial charge in [0, 0.05) is 12.1 Å². The maximum atomic E-state index is 12.8. The summed E-state index contributed by atoms with van der Waals surface area (Å²) < 4.78 is 0. The maximum absolute atomic E-state index is 12.8. The molecule has 3 heteroatoms. The Morgan fingerprint density at radius 3 is 2.44 bits per heavy atom. The topological polar surface area (TPSA) is 32.3 Å². The Bertz CT molecular complexity index is 472. The second kappa shape index (κ2) is 4.01. The summed E-state index contributed by atoms with van der Waals surface area (Å²) in [6, 6.07) is 8.01. The van der Waals surface area contributed by atoms with Crippen molar-refractivity contribution in [2.75, 3.05) is 16.8 Å². The van der Waals surface area contributed by atoms with E-state index in [-0.39, 0.29) is 11.4 Å². The van der Waals surface area contributed by atoms with Crippen molar-refractivity contribution in [3.05, 3.63) is 24.3 Å². The number of benzene rings is 1. The number of hydrogen-bond donors (Lipinski definition) is 1. The number of para-hydroxylation sites is 2. The van der Waals surface area contributed by atoms with Gasteiger partial charge in [0.05, 0.1) is 16.8 Å². The molecule has 1 aliphatic heterocycles. The van der Waals surface area contributed by atoms with E-state index in [4.69, 9.17) is 0 Å². The van der Waals surface area contributed by atoms with Crippen LogP contribution in [-0.4, -0.2) is 18.0 Å². The molecular formula is C15H22N2O. The lowest BCUT2D eigenvalue weighted by Crippen LogP contribution is -2.51. The van der Waals surface area contributed by atoms with Gasteiger partial charge in [-0.2, -0.15) is 0 Å². The van der Waals surface area contributed by atoms with Crippen LogP contribution >= 0.6 is 0 Å². The van der Waals surface area contributed by atoms with Crippen molar-refractivity contribution >= 4 is 17.3 Å². The average molecular weight is 246 g/mol. The highest BCUT2D eigenvalue weighted by Gasteiger charge is 2.40. The van der Waals surface area contributed by atoms with Crippen LogP contribution in [0.25, 0.3) is 0 Å². The molecule has 0 saturated heterocycles. The smallest absolute Gasteiger partial charge is 0.234 e. The van der Waals surface area contributed by atoms with Crippen LogP contribution in [0, 0.1) is 5.41 Å². The van der Waals surface area contributed by atoms with Gasteiger partial charge in [0.15, 0.2) is 0 Å². The predicted octanol–water partition coefficient (Wildman–Crippen LogP) is 3.27. The fourth-order valence-corrected chi connectivity index (χ4v) is 2.29. The van der Waals surface area contributed by atoms with Gasteiger partial charge in [-0.25, -0.2) is 0 Å². The van der Waals surface area contributed by atoms with E-state index in [0.717, 1.165) is 11.4 Å². The summed E-state index contributed by atoms with van der Waals surface area (Å²) >= 11 is 0. The minimum Gasteiger partial charge on any atom is -0.382 e. The lowest BCUT2D eigenvalue weighted by molar-refractivity contribution is -0.126. The van der Waals surface area contributed by atoms with Crippen LogP contribution in [0.5, 0.6) is 0 Å². The second-order valence-electron chi connectivity index (χ2n) is 6.57. The highest BCUT2D eigenvalue weighted by molar-refractivity contribution is 6.02. The molecule has 2 rings (SSSR count). The molecule has 1 aromatic rings. The molecule has 1 heterocycles. The van der Waals surface area contributed by atoms with Crippen molar-refractivity contribution in [2.24, 2.45) is 5.41 Å². The molecule has 3 nitrogen and oxygen atoms in total. The number of hydrogen-bond acceptors (Lipinski definition) is 2. The second-order valence-corrected chi connectivity index (χ2v) is 6.57. The highest BCUT2D eigenvalue weighted by atomic mass is 16.2. The molecule has 98 valence electrons. The van der Waals surface area contributed by atoms with Crippen molar-refractivity contribution in [1.29, 1.82) is 0 Å². The van der Waals surface area contributed by atoms with Gasteiger partial charge in [-0.15, -0.1) is 0 Å². The SMILES string of the molecule is CC1(C)CNc2ccccc2N(C(C)(C)C)C1=O. The third-order valence-electron chi connectivity index (χ3n) is 3.32. The molecule has 1 N–H and O–H groups in total. The highest BCUT2D eigenvalue weighted by Crippen LogP contribution is 2.38. The van der Waals surface area contributed by atoms with E-state index in [0.29, 0.717) is 6.54 Å². The average Bonchev–Trinajstić information content (AvgIpc) is 2.35. The molecule has 1 aliphatic rings. The summed E-state index contributed by atoms with van der Waals surface area (Å²) in [5.74, 6) is 0.174. The first kappa shape index (κ1) is 12.9. The first-order valence-electron chi connectivity index (χ1n) is 6.41. The van der Waals surface area contributed by atoms with Crippen molar-refractivity contribution < 1.29 is 4.79 Å². The Morgan fingerprint density at radius 2 is 1.83 bits per heavy atom. The molecule has 0 unspecified atom stereocenters. The number of carbonyl (C=O) groups is 1. The molecule has 0 spiro atoms. The molecule has 0 aromatic heterocycles. The largest absolute Gasteiger partial charge is 0.382 e. The number of amides is 1. The molecular weight excluding hydrogens is 224 g/mol. The first-order valence-corrected chi connectivity index (χ1v) is 6.41. The molecule has 0 atom stereocenters. The van der Waals surface area contributed by atoms with E-state index in [9.17, 15) is 4.79 Å². The Morgan fingerprint density at radius 1 is 1.22 bits per heavy atom. The molecule has 0 fully saturated rings. The normalized spacial score (nSPS) is 18.9. The number of fused-ring (bicyclic) bond motifs is 1. The summed E-state index contributed by atoms with van der Waals surface area (Å²) in [6.45, 7) is 10.9. The van der Waals surface area contributed by atoms with E-state index in [1.54, 1.807) is 0 Å². The third-order valence-corrected chi connectivity index (χ3v) is 3.32. The summed E-state index contributed by atoms with van der Waals surface area (Å²) in [5.41, 5.74) is 1.38. The fraction of sp³-hybridized carbons (Fsp3) is 0.533. The van der Waals surface area contributed by atoms with E-state index in [1.165, 1.54) is 0 Å². The minimum atomic E-state index is -0.397. The molecule has 18 heavy (non-hydrogen) atoms. The Labute approximate surface area is 109 Å². The van der Waals surface area contributed by atoms with Gasteiger partial charge in [0.2, 0.25) is 5.91 Å². The summed E-state index contributed by atoms with van der Waals surface area (Å²) in [6.07, 6.45) is 0. The zero-order valence-electron chi connectivity index (χ0n) is 11.9. The number of nitrogens with one attached hydrogen (secondary N) is 1. The zero-order chi connectivity index (χ0) is 13.6. The molecule has 0 bridgehead atoms. The standard InChI is InChI=1S/C15H22N2O/c1-14(2,3)17-12-9-7-6-8-11(12)16-10-15(4,5)13(17)18/h6-9,16H,10H2,1-5H3. The minimum absolute atomic E-state index is 0.174. The number of rotatable bonds is 0. The van der Waals surface area contributed by atoms with Crippen LogP contribution in [-0.2, 0) is 4.79 Å². The Kier molecular flexibility index (Phi) is 2.88. The number of anilines is 2. The molecule has 0 saturated carbocycles. The van der Waals surface area contributed by atoms with Crippen LogP contribution in [0.2, 0.25) is 0 Å². The van der Waals surface area contributed by atoms with Gasteiger partial charge in [-0.05, 0) is 46.8 Å². The summed E-state index contributed by atoms with van der Waals surface area (Å²) in [4.78, 5) is 14.7. The van der Waals surface area contributed by atoms with E-state index in [2.05, 4.69) is 26.1 Å². The number of carbonyl (C=O) groups excluding carboxylic acids is 1. The fourth-order valence-electron chi connectivity index (χ4n) is 2.29. The summed E-state index contributed by atoms with van der Waals surface area (Å²) in [7, 11) is 0. The summed E-state index contributed by atoms with van der Waals surface area (Å²) in [5, 5.41) is 3.39. The molecule has 0 radical (unpaired) electrons. The molecule has 1 aromatic carbocycles. The van der Waals surface area contributed by atoms with E-state index in [1.807, 2.05) is 43.0 Å². The zero-order valence-corrected chi connectivity index (χ0v) is 11.9.